The minimum Gasteiger partial charge on any atom is -0.484 e. The van der Waals surface area contributed by atoms with Crippen LogP contribution < -0.4 is 10.1 Å². The van der Waals surface area contributed by atoms with Crippen LogP contribution in [-0.4, -0.2) is 35.6 Å². The topological polar surface area (TPSA) is 86.5 Å². The summed E-state index contributed by atoms with van der Waals surface area (Å²) in [6.07, 6.45) is 4.49. The molecule has 4 rings (SSSR count). The zero-order chi connectivity index (χ0) is 19.3. The Hall–Kier alpha value is -2.45. The van der Waals surface area contributed by atoms with E-state index in [4.69, 9.17) is 13.9 Å². The van der Waals surface area contributed by atoms with Crippen LogP contribution in [-0.2, 0) is 11.3 Å². The molecule has 1 unspecified atom stereocenters. The molecule has 3 heterocycles. The highest BCUT2D eigenvalue weighted by Crippen LogP contribution is 2.26. The number of hydrogen-bond acceptors (Lipinski definition) is 7. The highest BCUT2D eigenvalue weighted by Gasteiger charge is 2.16. The summed E-state index contributed by atoms with van der Waals surface area (Å²) in [5.74, 6) is 1.46. The van der Waals surface area contributed by atoms with Crippen molar-refractivity contribution in [2.45, 2.75) is 32.8 Å². The average Bonchev–Trinajstić information content (AvgIpc) is 3.42. The Morgan fingerprint density at radius 1 is 1.39 bits per heavy atom. The van der Waals surface area contributed by atoms with E-state index in [1.54, 1.807) is 11.3 Å². The van der Waals surface area contributed by atoms with E-state index in [9.17, 15) is 4.79 Å². The predicted molar refractivity (Wildman–Crippen MR) is 106 cm³/mol. The van der Waals surface area contributed by atoms with E-state index in [0.29, 0.717) is 24.1 Å². The molecule has 1 N–H and O–H groups in total. The van der Waals surface area contributed by atoms with E-state index in [0.717, 1.165) is 47.7 Å². The number of nitrogens with zero attached hydrogens (tertiary/aromatic N) is 2. The summed E-state index contributed by atoms with van der Waals surface area (Å²) in [6, 6.07) is 5.78. The second-order valence-corrected chi connectivity index (χ2v) is 8.14. The zero-order valence-electron chi connectivity index (χ0n) is 15.8. The van der Waals surface area contributed by atoms with Crippen LogP contribution in [0.5, 0.6) is 5.75 Å². The van der Waals surface area contributed by atoms with Gasteiger partial charge < -0.3 is 19.2 Å². The number of oxazole rings is 1. The van der Waals surface area contributed by atoms with Crippen LogP contribution in [0.1, 0.15) is 40.6 Å². The molecule has 0 spiro atoms. The number of nitrogens with one attached hydrogen (secondary N) is 1. The van der Waals surface area contributed by atoms with E-state index in [2.05, 4.69) is 15.3 Å². The second-order valence-electron chi connectivity index (χ2n) is 6.91. The van der Waals surface area contributed by atoms with Gasteiger partial charge in [0.2, 0.25) is 5.89 Å². The molecule has 28 heavy (non-hydrogen) atoms. The molecule has 3 aromatic rings. The number of aryl methyl sites for hydroxylation is 1. The van der Waals surface area contributed by atoms with Gasteiger partial charge in [-0.25, -0.2) is 9.97 Å². The molecule has 1 fully saturated rings. The van der Waals surface area contributed by atoms with Gasteiger partial charge in [0, 0.05) is 25.8 Å². The SMILES string of the molecule is Cc1nc2cc(OCc3nc(C(=O)NCCCC4CCOC4)co3)ccc2s1. The summed E-state index contributed by atoms with van der Waals surface area (Å²) in [5.41, 5.74) is 1.19. The van der Waals surface area contributed by atoms with E-state index in [1.807, 2.05) is 25.1 Å². The van der Waals surface area contributed by atoms with Gasteiger partial charge >= 0.3 is 0 Å². The molecular formula is C20H23N3O4S. The third-order valence-electron chi connectivity index (χ3n) is 4.71. The maximum atomic E-state index is 12.2. The Morgan fingerprint density at radius 2 is 2.32 bits per heavy atom. The summed E-state index contributed by atoms with van der Waals surface area (Å²) in [6.45, 7) is 4.46. The van der Waals surface area contributed by atoms with Gasteiger partial charge in [0.05, 0.1) is 15.2 Å². The lowest BCUT2D eigenvalue weighted by molar-refractivity contribution is 0.0947. The maximum Gasteiger partial charge on any atom is 0.273 e. The summed E-state index contributed by atoms with van der Waals surface area (Å²) < 4.78 is 17.6. The monoisotopic (exact) mass is 401 g/mol. The molecule has 1 atom stereocenters. The molecular weight excluding hydrogens is 378 g/mol. The van der Waals surface area contributed by atoms with Crippen molar-refractivity contribution in [3.63, 3.8) is 0 Å². The Kier molecular flexibility index (Phi) is 5.87. The number of fused-ring (bicyclic) bond motifs is 1. The molecule has 0 bridgehead atoms. The minimum absolute atomic E-state index is 0.156. The molecule has 2 aromatic heterocycles. The number of carbonyl (C=O) groups is 1. The number of benzene rings is 1. The van der Waals surface area contributed by atoms with E-state index < -0.39 is 0 Å². The van der Waals surface area contributed by atoms with Crippen molar-refractivity contribution in [1.82, 2.24) is 15.3 Å². The summed E-state index contributed by atoms with van der Waals surface area (Å²) in [5, 5.41) is 3.90. The van der Waals surface area contributed by atoms with Crippen molar-refractivity contribution >= 4 is 27.5 Å². The van der Waals surface area contributed by atoms with Crippen LogP contribution in [0.15, 0.2) is 28.9 Å². The van der Waals surface area contributed by atoms with Gasteiger partial charge in [0.15, 0.2) is 12.3 Å². The highest BCUT2D eigenvalue weighted by atomic mass is 32.1. The average molecular weight is 401 g/mol. The van der Waals surface area contributed by atoms with Gasteiger partial charge in [-0.2, -0.15) is 0 Å². The molecule has 0 aliphatic carbocycles. The number of amides is 1. The van der Waals surface area contributed by atoms with Crippen molar-refractivity contribution < 1.29 is 18.7 Å². The minimum atomic E-state index is -0.225. The Balaban J connectivity index is 1.24. The van der Waals surface area contributed by atoms with Gasteiger partial charge in [-0.05, 0) is 44.2 Å². The first-order valence-corrected chi connectivity index (χ1v) is 10.3. The van der Waals surface area contributed by atoms with Crippen LogP contribution >= 0.6 is 11.3 Å². The van der Waals surface area contributed by atoms with E-state index >= 15 is 0 Å². The number of ether oxygens (including phenoxy) is 2. The molecule has 0 radical (unpaired) electrons. The normalized spacial score (nSPS) is 16.5. The van der Waals surface area contributed by atoms with Crippen molar-refractivity contribution in [1.29, 1.82) is 0 Å². The molecule has 0 saturated carbocycles. The van der Waals surface area contributed by atoms with E-state index in [-0.39, 0.29) is 18.2 Å². The van der Waals surface area contributed by atoms with Crippen LogP contribution in [0.25, 0.3) is 10.2 Å². The summed E-state index contributed by atoms with van der Waals surface area (Å²) in [4.78, 5) is 20.8. The zero-order valence-corrected chi connectivity index (χ0v) is 16.6. The van der Waals surface area contributed by atoms with E-state index in [1.165, 1.54) is 6.26 Å². The van der Waals surface area contributed by atoms with Crippen molar-refractivity contribution in [3.05, 3.63) is 41.1 Å². The quantitative estimate of drug-likeness (QED) is 0.579. The number of hydrogen-bond donors (Lipinski definition) is 1. The fourth-order valence-electron chi connectivity index (χ4n) is 3.23. The lowest BCUT2D eigenvalue weighted by Crippen LogP contribution is -2.25. The van der Waals surface area contributed by atoms with Crippen molar-refractivity contribution in [3.8, 4) is 5.75 Å². The van der Waals surface area contributed by atoms with Gasteiger partial charge in [0.1, 0.15) is 12.0 Å². The lowest BCUT2D eigenvalue weighted by Gasteiger charge is -2.07. The number of carbonyl (C=O) groups excluding carboxylic acids is 1. The van der Waals surface area contributed by atoms with Crippen LogP contribution in [0.2, 0.25) is 0 Å². The molecule has 7 nitrogen and oxygen atoms in total. The van der Waals surface area contributed by atoms with Crippen molar-refractivity contribution in [2.24, 2.45) is 5.92 Å². The lowest BCUT2D eigenvalue weighted by atomic mass is 10.0. The largest absolute Gasteiger partial charge is 0.484 e. The second kappa shape index (κ2) is 8.70. The number of aromatic nitrogens is 2. The molecule has 1 saturated heterocycles. The van der Waals surface area contributed by atoms with Crippen LogP contribution in [0, 0.1) is 12.8 Å². The molecule has 1 amide bonds. The molecule has 1 aromatic carbocycles. The van der Waals surface area contributed by atoms with Gasteiger partial charge in [0.25, 0.3) is 5.91 Å². The Morgan fingerprint density at radius 3 is 3.18 bits per heavy atom. The fraction of sp³-hybridized carbons (Fsp3) is 0.450. The first-order valence-electron chi connectivity index (χ1n) is 9.48. The van der Waals surface area contributed by atoms with Gasteiger partial charge in [-0.3, -0.25) is 4.79 Å². The number of rotatable bonds is 8. The summed E-state index contributed by atoms with van der Waals surface area (Å²) in [7, 11) is 0. The fourth-order valence-corrected chi connectivity index (χ4v) is 4.04. The first-order chi connectivity index (χ1) is 13.7. The Labute approximate surface area is 167 Å². The maximum absolute atomic E-state index is 12.2. The van der Waals surface area contributed by atoms with Gasteiger partial charge in [-0.15, -0.1) is 11.3 Å². The molecule has 1 aliphatic heterocycles. The van der Waals surface area contributed by atoms with Crippen molar-refractivity contribution in [2.75, 3.05) is 19.8 Å². The smallest absolute Gasteiger partial charge is 0.273 e. The van der Waals surface area contributed by atoms with Crippen LogP contribution in [0.4, 0.5) is 0 Å². The third kappa shape index (κ3) is 4.69. The first kappa shape index (κ1) is 18.9. The Bertz CT molecular complexity index is 946. The molecule has 148 valence electrons. The van der Waals surface area contributed by atoms with Gasteiger partial charge in [-0.1, -0.05) is 0 Å². The molecule has 1 aliphatic rings. The number of thiazole rings is 1. The predicted octanol–water partition coefficient (Wildman–Crippen LogP) is 3.72. The highest BCUT2D eigenvalue weighted by molar-refractivity contribution is 7.18. The van der Waals surface area contributed by atoms with Crippen LogP contribution in [0.3, 0.4) is 0 Å². The summed E-state index contributed by atoms with van der Waals surface area (Å²) >= 11 is 1.65. The third-order valence-corrected chi connectivity index (χ3v) is 5.66. The molecule has 8 heteroatoms. The standard InChI is InChI=1S/C20H23N3O4S/c1-13-22-16-9-15(4-5-18(16)28-13)26-12-19-23-17(11-27-19)20(24)21-7-2-3-14-6-8-25-10-14/h4-5,9,11,14H,2-3,6-8,10,12H2,1H3,(H,21,24).